The Kier molecular flexibility index (Phi) is 5.54. The van der Waals surface area contributed by atoms with Gasteiger partial charge < -0.3 is 10.4 Å². The molecule has 0 heterocycles. The van der Waals surface area contributed by atoms with Crippen molar-refractivity contribution in [3.8, 4) is 0 Å². The molecule has 0 aliphatic heterocycles. The summed E-state index contributed by atoms with van der Waals surface area (Å²) in [5, 5.41) is 11.9. The predicted molar refractivity (Wildman–Crippen MR) is 75.5 cm³/mol. The van der Waals surface area contributed by atoms with E-state index in [1.165, 1.54) is 0 Å². The van der Waals surface area contributed by atoms with Crippen molar-refractivity contribution in [2.45, 2.75) is 0 Å². The van der Waals surface area contributed by atoms with Gasteiger partial charge in [0.05, 0.1) is 10.8 Å². The SMILES string of the molecule is O=C(O)CSC(=S)Nc1ccc(Br)c(Cl)c1. The van der Waals surface area contributed by atoms with Crippen LogP contribution in [0.4, 0.5) is 5.69 Å². The van der Waals surface area contributed by atoms with Crippen LogP contribution in [-0.2, 0) is 4.79 Å². The fourth-order valence-electron chi connectivity index (χ4n) is 0.855. The number of carboxylic acids is 1. The van der Waals surface area contributed by atoms with Gasteiger partial charge in [0.25, 0.3) is 0 Å². The Morgan fingerprint density at radius 1 is 1.62 bits per heavy atom. The summed E-state index contributed by atoms with van der Waals surface area (Å²) in [5.74, 6) is -0.959. The standard InChI is InChI=1S/C9H7BrClNO2S2/c10-6-2-1-5(3-7(6)11)12-9(15)16-4-8(13)14/h1-3H,4H2,(H,12,15)(H,13,14). The average molecular weight is 341 g/mol. The number of aliphatic carboxylic acids is 1. The number of carboxylic acid groups (broad SMARTS) is 1. The second kappa shape index (κ2) is 6.44. The number of hydrogen-bond donors (Lipinski definition) is 2. The minimum Gasteiger partial charge on any atom is -0.481 e. The molecule has 16 heavy (non-hydrogen) atoms. The Labute approximate surface area is 116 Å². The van der Waals surface area contributed by atoms with E-state index in [0.29, 0.717) is 9.34 Å². The number of thiocarbonyl (C=S) groups is 1. The van der Waals surface area contributed by atoms with Crippen molar-refractivity contribution in [2.75, 3.05) is 11.1 Å². The Morgan fingerprint density at radius 2 is 2.31 bits per heavy atom. The summed E-state index contributed by atoms with van der Waals surface area (Å²) >= 11 is 15.2. The summed E-state index contributed by atoms with van der Waals surface area (Å²) < 4.78 is 1.20. The van der Waals surface area contributed by atoms with Crippen LogP contribution in [0.2, 0.25) is 5.02 Å². The zero-order valence-electron chi connectivity index (χ0n) is 7.87. The van der Waals surface area contributed by atoms with E-state index in [0.717, 1.165) is 21.9 Å². The molecular weight excluding hydrogens is 334 g/mol. The third kappa shape index (κ3) is 4.69. The molecule has 1 rings (SSSR count). The van der Waals surface area contributed by atoms with E-state index in [2.05, 4.69) is 21.2 Å². The van der Waals surface area contributed by atoms with Crippen LogP contribution in [0, 0.1) is 0 Å². The van der Waals surface area contributed by atoms with Gasteiger partial charge in [-0.25, -0.2) is 0 Å². The fraction of sp³-hybridized carbons (Fsp3) is 0.111. The summed E-state index contributed by atoms with van der Waals surface area (Å²) in [6.45, 7) is 0. The molecule has 0 spiro atoms. The van der Waals surface area contributed by atoms with E-state index in [9.17, 15) is 4.79 Å². The molecule has 0 saturated heterocycles. The topological polar surface area (TPSA) is 49.3 Å². The Morgan fingerprint density at radius 3 is 2.88 bits per heavy atom. The first-order valence-electron chi connectivity index (χ1n) is 4.09. The predicted octanol–water partition coefficient (Wildman–Crippen LogP) is 3.62. The molecule has 0 bridgehead atoms. The van der Waals surface area contributed by atoms with E-state index < -0.39 is 5.97 Å². The zero-order chi connectivity index (χ0) is 12.1. The molecule has 0 amide bonds. The van der Waals surface area contributed by atoms with E-state index in [1.807, 2.05) is 0 Å². The maximum absolute atomic E-state index is 10.3. The van der Waals surface area contributed by atoms with Crippen LogP contribution in [0.25, 0.3) is 0 Å². The van der Waals surface area contributed by atoms with E-state index >= 15 is 0 Å². The van der Waals surface area contributed by atoms with Crippen LogP contribution < -0.4 is 5.32 Å². The van der Waals surface area contributed by atoms with Crippen LogP contribution in [0.3, 0.4) is 0 Å². The van der Waals surface area contributed by atoms with Crippen LogP contribution in [0.5, 0.6) is 0 Å². The monoisotopic (exact) mass is 339 g/mol. The number of benzene rings is 1. The Hall–Kier alpha value is -0.300. The normalized spacial score (nSPS) is 9.88. The molecule has 86 valence electrons. The number of rotatable bonds is 3. The van der Waals surface area contributed by atoms with Crippen LogP contribution in [-0.4, -0.2) is 21.1 Å². The summed E-state index contributed by atoms with van der Waals surface area (Å²) in [6.07, 6.45) is 0. The summed E-state index contributed by atoms with van der Waals surface area (Å²) in [5.41, 5.74) is 0.732. The van der Waals surface area contributed by atoms with Crippen LogP contribution in [0.1, 0.15) is 0 Å². The molecule has 0 unspecified atom stereocenters. The van der Waals surface area contributed by atoms with Gasteiger partial charge in [-0.3, -0.25) is 4.79 Å². The molecule has 0 aromatic heterocycles. The van der Waals surface area contributed by atoms with Crippen molar-refractivity contribution in [3.05, 3.63) is 27.7 Å². The molecule has 1 aromatic rings. The lowest BCUT2D eigenvalue weighted by Gasteiger charge is -2.07. The quantitative estimate of drug-likeness (QED) is 0.823. The van der Waals surface area contributed by atoms with Gasteiger partial charge in [0.15, 0.2) is 0 Å². The van der Waals surface area contributed by atoms with Gasteiger partial charge in [0.2, 0.25) is 0 Å². The van der Waals surface area contributed by atoms with Crippen LogP contribution >= 0.6 is 51.5 Å². The van der Waals surface area contributed by atoms with Crippen molar-refractivity contribution >= 4 is 67.5 Å². The number of anilines is 1. The zero-order valence-corrected chi connectivity index (χ0v) is 11.8. The highest BCUT2D eigenvalue weighted by Crippen LogP contribution is 2.26. The smallest absolute Gasteiger partial charge is 0.313 e. The van der Waals surface area contributed by atoms with Crippen LogP contribution in [0.15, 0.2) is 22.7 Å². The molecular formula is C9H7BrClNO2S2. The maximum Gasteiger partial charge on any atom is 0.313 e. The summed E-state index contributed by atoms with van der Waals surface area (Å²) in [7, 11) is 0. The molecule has 0 atom stereocenters. The van der Waals surface area contributed by atoms with Gasteiger partial charge in [0.1, 0.15) is 4.32 Å². The molecule has 1 aromatic carbocycles. The second-order valence-corrected chi connectivity index (χ2v) is 5.64. The molecule has 0 fully saturated rings. The Bertz CT molecular complexity index is 428. The van der Waals surface area contributed by atoms with Gasteiger partial charge in [-0.15, -0.1) is 0 Å². The first-order valence-corrected chi connectivity index (χ1v) is 6.66. The Balaban J connectivity index is 2.56. The highest BCUT2D eigenvalue weighted by molar-refractivity contribution is 9.10. The van der Waals surface area contributed by atoms with Gasteiger partial charge in [-0.05, 0) is 34.1 Å². The lowest BCUT2D eigenvalue weighted by Crippen LogP contribution is -2.08. The number of hydrogen-bond acceptors (Lipinski definition) is 3. The molecule has 0 radical (unpaired) electrons. The third-order valence-corrected chi connectivity index (χ3v) is 3.94. The highest BCUT2D eigenvalue weighted by atomic mass is 79.9. The molecule has 0 saturated carbocycles. The van der Waals surface area contributed by atoms with Gasteiger partial charge >= 0.3 is 5.97 Å². The minimum absolute atomic E-state index is 0.0594. The second-order valence-electron chi connectivity index (χ2n) is 2.72. The third-order valence-electron chi connectivity index (χ3n) is 1.49. The van der Waals surface area contributed by atoms with Crippen molar-refractivity contribution < 1.29 is 9.90 Å². The molecule has 2 N–H and O–H groups in total. The van der Waals surface area contributed by atoms with E-state index in [-0.39, 0.29) is 5.75 Å². The van der Waals surface area contributed by atoms with E-state index in [1.54, 1.807) is 18.2 Å². The number of halogens is 2. The van der Waals surface area contributed by atoms with Gasteiger partial charge in [0, 0.05) is 10.2 Å². The average Bonchev–Trinajstić information content (AvgIpc) is 2.21. The summed E-state index contributed by atoms with van der Waals surface area (Å²) in [4.78, 5) is 10.3. The first kappa shape index (κ1) is 13.8. The number of nitrogens with one attached hydrogen (secondary N) is 1. The highest BCUT2D eigenvalue weighted by Gasteiger charge is 2.04. The molecule has 3 nitrogen and oxygen atoms in total. The molecule has 0 aliphatic carbocycles. The fourth-order valence-corrected chi connectivity index (χ4v) is 2.02. The molecule has 0 aliphatic rings. The van der Waals surface area contributed by atoms with Crippen molar-refractivity contribution in [3.63, 3.8) is 0 Å². The largest absolute Gasteiger partial charge is 0.481 e. The van der Waals surface area contributed by atoms with Gasteiger partial charge in [-0.1, -0.05) is 35.6 Å². The lowest BCUT2D eigenvalue weighted by atomic mass is 10.3. The van der Waals surface area contributed by atoms with E-state index in [4.69, 9.17) is 28.9 Å². The first-order chi connectivity index (χ1) is 7.49. The minimum atomic E-state index is -0.900. The summed E-state index contributed by atoms with van der Waals surface area (Å²) in [6, 6.07) is 5.29. The number of carbonyl (C=O) groups is 1. The van der Waals surface area contributed by atoms with Crippen molar-refractivity contribution in [1.29, 1.82) is 0 Å². The van der Waals surface area contributed by atoms with Crippen molar-refractivity contribution in [1.82, 2.24) is 0 Å². The lowest BCUT2D eigenvalue weighted by molar-refractivity contribution is -0.133. The van der Waals surface area contributed by atoms with Gasteiger partial charge in [-0.2, -0.15) is 0 Å². The number of thioether (sulfide) groups is 1. The maximum atomic E-state index is 10.3. The molecule has 7 heteroatoms. The van der Waals surface area contributed by atoms with Crippen molar-refractivity contribution in [2.24, 2.45) is 0 Å².